The summed E-state index contributed by atoms with van der Waals surface area (Å²) in [6.45, 7) is 2.93. The Labute approximate surface area is 122 Å². The summed E-state index contributed by atoms with van der Waals surface area (Å²) in [5.74, 6) is 2.84. The lowest BCUT2D eigenvalue weighted by Gasteiger charge is -2.24. The van der Waals surface area contributed by atoms with E-state index in [-0.39, 0.29) is 11.3 Å². The third-order valence-corrected chi connectivity index (χ3v) is 5.11. The van der Waals surface area contributed by atoms with E-state index >= 15 is 0 Å². The molecule has 0 radical (unpaired) electrons. The van der Waals surface area contributed by atoms with Crippen LogP contribution in [-0.4, -0.2) is 34.6 Å². The summed E-state index contributed by atoms with van der Waals surface area (Å²) in [4.78, 5) is 13.9. The van der Waals surface area contributed by atoms with Crippen molar-refractivity contribution in [2.45, 2.75) is 12.3 Å². The molecule has 2 rings (SSSR count). The lowest BCUT2D eigenvalue weighted by Crippen LogP contribution is -2.30. The van der Waals surface area contributed by atoms with Crippen LogP contribution in [0.3, 0.4) is 0 Å². The highest BCUT2D eigenvalue weighted by molar-refractivity contribution is 8.00. The first kappa shape index (κ1) is 14.3. The van der Waals surface area contributed by atoms with Crippen LogP contribution in [0, 0.1) is 11.3 Å². The summed E-state index contributed by atoms with van der Waals surface area (Å²) in [7, 11) is 0. The van der Waals surface area contributed by atoms with Gasteiger partial charge in [-0.1, -0.05) is 19.1 Å². The summed E-state index contributed by atoms with van der Waals surface area (Å²) in [5.41, 5.74) is 1.77. The van der Waals surface area contributed by atoms with E-state index in [1.165, 1.54) is 0 Å². The topological polar surface area (TPSA) is 44.1 Å². The Hall–Kier alpha value is -1.12. The molecule has 1 atom stereocenters. The number of nitrogens with zero attached hydrogens (tertiary/aromatic N) is 2. The molecule has 0 saturated carbocycles. The Kier molecular flexibility index (Phi) is 5.17. The molecule has 1 unspecified atom stereocenters. The van der Waals surface area contributed by atoms with Gasteiger partial charge in [0.15, 0.2) is 0 Å². The number of amides is 1. The molecule has 19 heavy (non-hydrogen) atoms. The molecule has 0 bridgehead atoms. The van der Waals surface area contributed by atoms with Crippen molar-refractivity contribution in [3.05, 3.63) is 35.4 Å². The lowest BCUT2D eigenvalue weighted by molar-refractivity contribution is -0.127. The minimum atomic E-state index is 0.109. The number of carbonyl (C=O) groups is 1. The molecule has 0 spiro atoms. The Bertz CT molecular complexity index is 481. The second-order valence-corrected chi connectivity index (χ2v) is 6.64. The van der Waals surface area contributed by atoms with Crippen molar-refractivity contribution >= 4 is 29.4 Å². The fraction of sp³-hybridized carbons (Fsp3) is 0.429. The second-order valence-electron chi connectivity index (χ2n) is 4.18. The highest BCUT2D eigenvalue weighted by Gasteiger charge is 2.32. The maximum atomic E-state index is 11.9. The number of thioether (sulfide) groups is 2. The van der Waals surface area contributed by atoms with Crippen LogP contribution in [0.4, 0.5) is 0 Å². The van der Waals surface area contributed by atoms with Crippen LogP contribution in [0.15, 0.2) is 24.3 Å². The molecule has 1 heterocycles. The fourth-order valence-electron chi connectivity index (χ4n) is 2.00. The molecule has 1 amide bonds. The van der Waals surface area contributed by atoms with Gasteiger partial charge in [-0.3, -0.25) is 4.79 Å². The number of hydrogen-bond acceptors (Lipinski definition) is 4. The smallest absolute Gasteiger partial charge is 0.233 e. The summed E-state index contributed by atoms with van der Waals surface area (Å²) in [5, 5.41) is 8.92. The molecule has 3 nitrogen and oxygen atoms in total. The average molecular weight is 292 g/mol. The van der Waals surface area contributed by atoms with Crippen LogP contribution in [0.25, 0.3) is 0 Å². The van der Waals surface area contributed by atoms with Crippen LogP contribution in [0.5, 0.6) is 0 Å². The van der Waals surface area contributed by atoms with E-state index in [0.717, 1.165) is 23.6 Å². The molecule has 5 heteroatoms. The van der Waals surface area contributed by atoms with Crippen molar-refractivity contribution in [3.8, 4) is 6.07 Å². The first-order valence-corrected chi connectivity index (χ1v) is 8.45. The molecule has 100 valence electrons. The summed E-state index contributed by atoms with van der Waals surface area (Å²) >= 11 is 3.52. The van der Waals surface area contributed by atoms with Crippen LogP contribution in [0.1, 0.15) is 23.4 Å². The average Bonchev–Trinajstić information content (AvgIpc) is 2.81. The highest BCUT2D eigenvalue weighted by atomic mass is 32.2. The van der Waals surface area contributed by atoms with Gasteiger partial charge in [0.05, 0.1) is 17.4 Å². The van der Waals surface area contributed by atoms with Crippen molar-refractivity contribution in [2.24, 2.45) is 0 Å². The number of rotatable bonds is 5. The van der Waals surface area contributed by atoms with E-state index in [1.807, 2.05) is 40.9 Å². The minimum Gasteiger partial charge on any atom is -0.325 e. The van der Waals surface area contributed by atoms with Gasteiger partial charge in [-0.05, 0) is 23.4 Å². The predicted molar refractivity (Wildman–Crippen MR) is 81.1 cm³/mol. The predicted octanol–water partition coefficient (Wildman–Crippen LogP) is 2.89. The first-order valence-electron chi connectivity index (χ1n) is 6.25. The van der Waals surface area contributed by atoms with Crippen LogP contribution >= 0.6 is 23.5 Å². The highest BCUT2D eigenvalue weighted by Crippen LogP contribution is 2.38. The molecule has 0 N–H and O–H groups in total. The monoisotopic (exact) mass is 292 g/mol. The minimum absolute atomic E-state index is 0.109. The van der Waals surface area contributed by atoms with E-state index < -0.39 is 0 Å². The first-order chi connectivity index (χ1) is 9.26. The third kappa shape index (κ3) is 3.46. The van der Waals surface area contributed by atoms with Gasteiger partial charge in [0.25, 0.3) is 0 Å². The van der Waals surface area contributed by atoms with E-state index in [4.69, 9.17) is 5.26 Å². The van der Waals surface area contributed by atoms with Gasteiger partial charge in [0, 0.05) is 12.3 Å². The standard InChI is InChI=1S/C14H16N2OS2/c1-2-18-8-7-16-13(17)10-19-14(16)12-5-3-11(9-15)4-6-12/h3-6,14H,2,7-8,10H2,1H3. The SMILES string of the molecule is CCSCCN1C(=O)CSC1c1ccc(C#N)cc1. The van der Waals surface area contributed by atoms with Gasteiger partial charge in [0.1, 0.15) is 5.37 Å². The maximum Gasteiger partial charge on any atom is 0.233 e. The van der Waals surface area contributed by atoms with E-state index in [1.54, 1.807) is 11.8 Å². The number of carbonyl (C=O) groups excluding carboxylic acids is 1. The van der Waals surface area contributed by atoms with E-state index in [9.17, 15) is 4.79 Å². The van der Waals surface area contributed by atoms with Crippen molar-refractivity contribution in [1.29, 1.82) is 5.26 Å². The number of benzene rings is 1. The molecule has 1 aliphatic rings. The van der Waals surface area contributed by atoms with Crippen LogP contribution in [-0.2, 0) is 4.79 Å². The number of nitriles is 1. The molecule has 1 fully saturated rings. The Balaban J connectivity index is 2.08. The maximum absolute atomic E-state index is 11.9. The second kappa shape index (κ2) is 6.88. The molecular formula is C14H16N2OS2. The van der Waals surface area contributed by atoms with Gasteiger partial charge in [0.2, 0.25) is 5.91 Å². The molecular weight excluding hydrogens is 276 g/mol. The Morgan fingerprint density at radius 1 is 1.47 bits per heavy atom. The molecule has 0 aliphatic carbocycles. The van der Waals surface area contributed by atoms with Gasteiger partial charge in [-0.25, -0.2) is 0 Å². The molecule has 1 aromatic carbocycles. The molecule has 0 aromatic heterocycles. The van der Waals surface area contributed by atoms with Crippen molar-refractivity contribution in [2.75, 3.05) is 23.8 Å². The normalized spacial score (nSPS) is 18.6. The zero-order chi connectivity index (χ0) is 13.7. The van der Waals surface area contributed by atoms with Gasteiger partial charge in [-0.2, -0.15) is 17.0 Å². The largest absolute Gasteiger partial charge is 0.325 e. The zero-order valence-corrected chi connectivity index (χ0v) is 12.5. The zero-order valence-electron chi connectivity index (χ0n) is 10.8. The van der Waals surface area contributed by atoms with E-state index in [2.05, 4.69) is 13.0 Å². The third-order valence-electron chi connectivity index (χ3n) is 2.97. The molecule has 1 aromatic rings. The van der Waals surface area contributed by atoms with Crippen molar-refractivity contribution in [1.82, 2.24) is 4.90 Å². The lowest BCUT2D eigenvalue weighted by atomic mass is 10.1. The van der Waals surface area contributed by atoms with Crippen LogP contribution < -0.4 is 0 Å². The fourth-order valence-corrected chi connectivity index (χ4v) is 3.83. The van der Waals surface area contributed by atoms with Gasteiger partial charge < -0.3 is 4.90 Å². The summed E-state index contributed by atoms with van der Waals surface area (Å²) in [6.07, 6.45) is 0. The van der Waals surface area contributed by atoms with Gasteiger partial charge in [-0.15, -0.1) is 11.8 Å². The van der Waals surface area contributed by atoms with Crippen LogP contribution in [0.2, 0.25) is 0 Å². The Morgan fingerprint density at radius 3 is 2.84 bits per heavy atom. The summed E-state index contributed by atoms with van der Waals surface area (Å²) < 4.78 is 0. The Morgan fingerprint density at radius 2 is 2.21 bits per heavy atom. The molecule has 1 saturated heterocycles. The van der Waals surface area contributed by atoms with Gasteiger partial charge >= 0.3 is 0 Å². The van der Waals surface area contributed by atoms with Crippen molar-refractivity contribution in [3.63, 3.8) is 0 Å². The van der Waals surface area contributed by atoms with Crippen molar-refractivity contribution < 1.29 is 4.79 Å². The summed E-state index contributed by atoms with van der Waals surface area (Å²) in [6, 6.07) is 9.66. The molecule has 1 aliphatic heterocycles. The van der Waals surface area contributed by atoms with E-state index in [0.29, 0.717) is 11.3 Å². The number of hydrogen-bond donors (Lipinski definition) is 0. The quantitative estimate of drug-likeness (QED) is 0.783.